The standard InChI is InChI=1S/C22H27N3O5S/c1-28-13-5-12-23-20(26)16-8-10-17(11-9-16)24-22(31)25-21(27)18-6-3-4-7-19(18)30-15-14-29-2/h3-4,6-11H,5,12-15H2,1-2H3,(H,23,26)(H2,24,25,27,31). The molecular weight excluding hydrogens is 418 g/mol. The highest BCUT2D eigenvalue weighted by molar-refractivity contribution is 7.80. The zero-order chi connectivity index (χ0) is 22.5. The number of carbonyl (C=O) groups is 2. The second kappa shape index (κ2) is 13.3. The summed E-state index contributed by atoms with van der Waals surface area (Å²) in [5.74, 6) is -0.109. The van der Waals surface area contributed by atoms with Crippen molar-refractivity contribution in [2.45, 2.75) is 6.42 Å². The van der Waals surface area contributed by atoms with Gasteiger partial charge in [-0.1, -0.05) is 12.1 Å². The molecule has 2 aromatic carbocycles. The zero-order valence-corrected chi connectivity index (χ0v) is 18.4. The summed E-state index contributed by atoms with van der Waals surface area (Å²) in [6.45, 7) is 1.88. The van der Waals surface area contributed by atoms with E-state index in [0.29, 0.717) is 48.9 Å². The summed E-state index contributed by atoms with van der Waals surface area (Å²) in [6, 6.07) is 13.7. The maximum absolute atomic E-state index is 12.6. The van der Waals surface area contributed by atoms with Crippen molar-refractivity contribution >= 4 is 34.8 Å². The molecule has 2 amide bonds. The Bertz CT molecular complexity index is 874. The molecule has 31 heavy (non-hydrogen) atoms. The van der Waals surface area contributed by atoms with Crippen LogP contribution in [-0.2, 0) is 9.47 Å². The highest BCUT2D eigenvalue weighted by atomic mass is 32.1. The van der Waals surface area contributed by atoms with E-state index in [1.165, 1.54) is 0 Å². The Morgan fingerprint density at radius 2 is 1.61 bits per heavy atom. The molecule has 3 N–H and O–H groups in total. The number of amides is 2. The third-order valence-electron chi connectivity index (χ3n) is 4.12. The largest absolute Gasteiger partial charge is 0.490 e. The molecule has 0 aliphatic heterocycles. The van der Waals surface area contributed by atoms with Gasteiger partial charge in [-0.2, -0.15) is 0 Å². The van der Waals surface area contributed by atoms with Crippen molar-refractivity contribution in [2.75, 3.05) is 45.9 Å². The lowest BCUT2D eigenvalue weighted by molar-refractivity contribution is 0.0945. The maximum Gasteiger partial charge on any atom is 0.261 e. The molecule has 8 nitrogen and oxygen atoms in total. The van der Waals surface area contributed by atoms with Crippen molar-refractivity contribution in [3.63, 3.8) is 0 Å². The van der Waals surface area contributed by atoms with E-state index >= 15 is 0 Å². The minimum atomic E-state index is -0.391. The van der Waals surface area contributed by atoms with Crippen molar-refractivity contribution in [1.82, 2.24) is 10.6 Å². The van der Waals surface area contributed by atoms with Gasteiger partial charge < -0.3 is 24.8 Å². The predicted molar refractivity (Wildman–Crippen MR) is 123 cm³/mol. The number of methoxy groups -OCH3 is 2. The number of ether oxygens (including phenoxy) is 3. The lowest BCUT2D eigenvalue weighted by Gasteiger charge is -2.13. The molecule has 0 heterocycles. The molecule has 0 spiro atoms. The summed E-state index contributed by atoms with van der Waals surface area (Å²) in [5, 5.41) is 8.52. The number of rotatable bonds is 11. The summed E-state index contributed by atoms with van der Waals surface area (Å²) >= 11 is 5.23. The lowest BCUT2D eigenvalue weighted by Crippen LogP contribution is -2.34. The molecule has 0 saturated heterocycles. The second-order valence-corrected chi connectivity index (χ2v) is 6.83. The van der Waals surface area contributed by atoms with Gasteiger partial charge in [-0.05, 0) is 55.0 Å². The minimum absolute atomic E-state index is 0.133. The van der Waals surface area contributed by atoms with Crippen molar-refractivity contribution < 1.29 is 23.8 Å². The van der Waals surface area contributed by atoms with E-state index in [1.54, 1.807) is 62.8 Å². The van der Waals surface area contributed by atoms with Gasteiger partial charge in [0.2, 0.25) is 0 Å². The molecule has 0 aliphatic carbocycles. The van der Waals surface area contributed by atoms with Gasteiger partial charge in [0, 0.05) is 38.6 Å². The van der Waals surface area contributed by atoms with Gasteiger partial charge in [0.25, 0.3) is 11.8 Å². The molecular formula is C22H27N3O5S. The van der Waals surface area contributed by atoms with Crippen LogP contribution in [0.25, 0.3) is 0 Å². The molecule has 2 aromatic rings. The molecule has 0 aromatic heterocycles. The molecule has 0 radical (unpaired) electrons. The Morgan fingerprint density at radius 1 is 0.903 bits per heavy atom. The van der Waals surface area contributed by atoms with Gasteiger partial charge in [-0.3, -0.25) is 14.9 Å². The highest BCUT2D eigenvalue weighted by Gasteiger charge is 2.14. The Morgan fingerprint density at radius 3 is 2.32 bits per heavy atom. The Hall–Kier alpha value is -3.01. The van der Waals surface area contributed by atoms with Gasteiger partial charge in [0.15, 0.2) is 5.11 Å². The average Bonchev–Trinajstić information content (AvgIpc) is 2.77. The van der Waals surface area contributed by atoms with E-state index < -0.39 is 5.91 Å². The fraction of sp³-hybridized carbons (Fsp3) is 0.318. The number of hydrogen-bond acceptors (Lipinski definition) is 6. The van der Waals surface area contributed by atoms with Crippen LogP contribution in [0.2, 0.25) is 0 Å². The number of carbonyl (C=O) groups excluding carboxylic acids is 2. The van der Waals surface area contributed by atoms with E-state index in [2.05, 4.69) is 16.0 Å². The first kappa shape index (κ1) is 24.3. The van der Waals surface area contributed by atoms with Crippen LogP contribution in [0.5, 0.6) is 5.75 Å². The fourth-order valence-corrected chi connectivity index (χ4v) is 2.78. The SMILES string of the molecule is COCCCNC(=O)c1ccc(NC(=S)NC(=O)c2ccccc2OCCOC)cc1. The van der Waals surface area contributed by atoms with E-state index in [1.807, 2.05) is 0 Å². The van der Waals surface area contributed by atoms with E-state index in [4.69, 9.17) is 26.4 Å². The van der Waals surface area contributed by atoms with E-state index in [9.17, 15) is 9.59 Å². The van der Waals surface area contributed by atoms with Crippen LogP contribution in [0.3, 0.4) is 0 Å². The third kappa shape index (κ3) is 8.33. The molecule has 0 aliphatic rings. The second-order valence-electron chi connectivity index (χ2n) is 6.43. The van der Waals surface area contributed by atoms with Crippen molar-refractivity contribution in [2.24, 2.45) is 0 Å². The fourth-order valence-electron chi connectivity index (χ4n) is 2.57. The molecule has 0 fully saturated rings. The molecule has 0 atom stereocenters. The Labute approximate surface area is 187 Å². The zero-order valence-electron chi connectivity index (χ0n) is 17.6. The molecule has 2 rings (SSSR count). The van der Waals surface area contributed by atoms with Crippen LogP contribution < -0.4 is 20.7 Å². The van der Waals surface area contributed by atoms with Crippen LogP contribution in [0.1, 0.15) is 27.1 Å². The van der Waals surface area contributed by atoms with E-state index in [-0.39, 0.29) is 11.0 Å². The monoisotopic (exact) mass is 445 g/mol. The van der Waals surface area contributed by atoms with Crippen LogP contribution in [0, 0.1) is 0 Å². The van der Waals surface area contributed by atoms with Gasteiger partial charge in [-0.25, -0.2) is 0 Å². The van der Waals surface area contributed by atoms with E-state index in [0.717, 1.165) is 6.42 Å². The number of anilines is 1. The van der Waals surface area contributed by atoms with Crippen LogP contribution >= 0.6 is 12.2 Å². The van der Waals surface area contributed by atoms with Gasteiger partial charge in [-0.15, -0.1) is 0 Å². The molecule has 0 saturated carbocycles. The number of nitrogens with one attached hydrogen (secondary N) is 3. The summed E-state index contributed by atoms with van der Waals surface area (Å²) in [5.41, 5.74) is 1.54. The van der Waals surface area contributed by atoms with Gasteiger partial charge in [0.05, 0.1) is 12.2 Å². The highest BCUT2D eigenvalue weighted by Crippen LogP contribution is 2.18. The minimum Gasteiger partial charge on any atom is -0.490 e. The molecule has 166 valence electrons. The first-order chi connectivity index (χ1) is 15.0. The third-order valence-corrected chi connectivity index (χ3v) is 4.32. The van der Waals surface area contributed by atoms with Crippen LogP contribution in [0.4, 0.5) is 5.69 Å². The average molecular weight is 446 g/mol. The van der Waals surface area contributed by atoms with Crippen molar-refractivity contribution in [3.8, 4) is 5.75 Å². The number of hydrogen-bond donors (Lipinski definition) is 3. The Kier molecular flexibility index (Phi) is 10.4. The summed E-state index contributed by atoms with van der Waals surface area (Å²) in [6.07, 6.45) is 0.746. The molecule has 9 heteroatoms. The summed E-state index contributed by atoms with van der Waals surface area (Å²) < 4.78 is 15.5. The van der Waals surface area contributed by atoms with Crippen molar-refractivity contribution in [3.05, 3.63) is 59.7 Å². The van der Waals surface area contributed by atoms with Crippen LogP contribution in [0.15, 0.2) is 48.5 Å². The number of benzene rings is 2. The first-order valence-corrected chi connectivity index (χ1v) is 10.2. The van der Waals surface area contributed by atoms with Gasteiger partial charge >= 0.3 is 0 Å². The topological polar surface area (TPSA) is 97.9 Å². The maximum atomic E-state index is 12.6. The lowest BCUT2D eigenvalue weighted by atomic mass is 10.2. The quantitative estimate of drug-likeness (QED) is 0.361. The first-order valence-electron chi connectivity index (χ1n) is 9.75. The van der Waals surface area contributed by atoms with Crippen LogP contribution in [-0.4, -0.2) is 57.5 Å². The molecule has 0 unspecified atom stereocenters. The number of para-hydroxylation sites is 1. The summed E-state index contributed by atoms with van der Waals surface area (Å²) in [7, 11) is 3.20. The number of thiocarbonyl (C=S) groups is 1. The Balaban J connectivity index is 1.88. The predicted octanol–water partition coefficient (Wildman–Crippen LogP) is 2.60. The van der Waals surface area contributed by atoms with Crippen molar-refractivity contribution in [1.29, 1.82) is 0 Å². The smallest absolute Gasteiger partial charge is 0.261 e. The summed E-state index contributed by atoms with van der Waals surface area (Å²) in [4.78, 5) is 24.7. The normalized spacial score (nSPS) is 10.3. The molecule has 0 bridgehead atoms. The van der Waals surface area contributed by atoms with Gasteiger partial charge in [0.1, 0.15) is 12.4 Å².